The topological polar surface area (TPSA) is 93.8 Å². The van der Waals surface area contributed by atoms with E-state index in [1.807, 2.05) is 79.7 Å². The molecule has 0 saturated carbocycles. The number of hydrogen-bond donors (Lipinski definition) is 1. The SMILES string of the molecule is CCCCc1nc(C)n(Cc2ccc(Cl)cc2)c(=O)c1Cc1ccc(-c2ccccc2-c2noc(=O)[nH]2)cc1. The number of aromatic amines is 1. The van der Waals surface area contributed by atoms with Crippen LogP contribution >= 0.6 is 11.6 Å². The van der Waals surface area contributed by atoms with Gasteiger partial charge < -0.3 is 0 Å². The lowest BCUT2D eigenvalue weighted by Crippen LogP contribution is -2.30. The highest BCUT2D eigenvalue weighted by atomic mass is 35.5. The van der Waals surface area contributed by atoms with Crippen molar-refractivity contribution in [3.63, 3.8) is 0 Å². The van der Waals surface area contributed by atoms with Crippen LogP contribution in [-0.2, 0) is 19.4 Å². The molecule has 0 fully saturated rings. The maximum absolute atomic E-state index is 13.8. The fourth-order valence-electron chi connectivity index (χ4n) is 4.74. The second kappa shape index (κ2) is 11.7. The molecule has 5 aromatic rings. The smallest absolute Gasteiger partial charge is 0.296 e. The molecule has 0 unspecified atom stereocenters. The highest BCUT2D eigenvalue weighted by Gasteiger charge is 2.16. The van der Waals surface area contributed by atoms with Crippen LogP contribution in [0.2, 0.25) is 5.02 Å². The lowest BCUT2D eigenvalue weighted by molar-refractivity contribution is 0.388. The van der Waals surface area contributed by atoms with Crippen LogP contribution in [0.4, 0.5) is 0 Å². The number of rotatable bonds is 9. The molecule has 2 aromatic heterocycles. The Hall–Kier alpha value is -4.23. The van der Waals surface area contributed by atoms with Gasteiger partial charge in [-0.3, -0.25) is 18.9 Å². The standard InChI is InChI=1S/C31H29ClN4O3/c1-3-4-9-28-27(30(37)36(20(2)33-28)19-22-12-16-24(32)17-13-22)18-21-10-14-23(15-11-21)25-7-5-6-8-26(25)29-34-31(38)39-35-29/h5-8,10-17H,3-4,9,18-19H2,1-2H3,(H,34,35,38). The maximum Gasteiger partial charge on any atom is 0.439 e. The van der Waals surface area contributed by atoms with E-state index < -0.39 is 5.76 Å². The largest absolute Gasteiger partial charge is 0.439 e. The van der Waals surface area contributed by atoms with Crippen LogP contribution in [0.5, 0.6) is 0 Å². The molecule has 0 amide bonds. The number of benzene rings is 3. The van der Waals surface area contributed by atoms with Gasteiger partial charge in [0.2, 0.25) is 0 Å². The quantitative estimate of drug-likeness (QED) is 0.240. The number of halogens is 1. The molecule has 0 aliphatic carbocycles. The molecule has 8 heteroatoms. The maximum atomic E-state index is 13.8. The van der Waals surface area contributed by atoms with Crippen molar-refractivity contribution < 1.29 is 4.52 Å². The number of hydrogen-bond acceptors (Lipinski definition) is 5. The van der Waals surface area contributed by atoms with Crippen LogP contribution < -0.4 is 11.3 Å². The summed E-state index contributed by atoms with van der Waals surface area (Å²) in [5.74, 6) is 0.498. The molecule has 0 bridgehead atoms. The molecule has 0 aliphatic rings. The third-order valence-electron chi connectivity index (χ3n) is 6.83. The van der Waals surface area contributed by atoms with Crippen molar-refractivity contribution >= 4 is 11.6 Å². The number of unbranched alkanes of at least 4 members (excludes halogenated alkanes) is 1. The van der Waals surface area contributed by atoms with Crippen LogP contribution in [0.1, 0.15) is 48.0 Å². The molecule has 0 spiro atoms. The second-order valence-corrected chi connectivity index (χ2v) is 10.0. The Morgan fingerprint density at radius 2 is 1.62 bits per heavy atom. The van der Waals surface area contributed by atoms with Crippen molar-refractivity contribution in [1.82, 2.24) is 19.7 Å². The Labute approximate surface area is 231 Å². The first-order valence-electron chi connectivity index (χ1n) is 13.0. The fraction of sp³-hybridized carbons (Fsp3) is 0.226. The number of H-pyrrole nitrogens is 1. The number of nitrogens with zero attached hydrogens (tertiary/aromatic N) is 3. The van der Waals surface area contributed by atoms with E-state index in [-0.39, 0.29) is 5.56 Å². The number of nitrogens with one attached hydrogen (secondary N) is 1. The zero-order valence-electron chi connectivity index (χ0n) is 21.9. The minimum atomic E-state index is -0.595. The van der Waals surface area contributed by atoms with Gasteiger partial charge in [-0.1, -0.05) is 90.8 Å². The lowest BCUT2D eigenvalue weighted by Gasteiger charge is -2.16. The molecular formula is C31H29ClN4O3. The van der Waals surface area contributed by atoms with Crippen molar-refractivity contribution in [2.24, 2.45) is 0 Å². The number of aryl methyl sites for hydroxylation is 2. The van der Waals surface area contributed by atoms with E-state index in [1.54, 1.807) is 4.57 Å². The van der Waals surface area contributed by atoms with Gasteiger partial charge in [0.25, 0.3) is 5.56 Å². The molecule has 5 rings (SSSR count). The first-order valence-corrected chi connectivity index (χ1v) is 13.4. The average molecular weight is 541 g/mol. The normalized spacial score (nSPS) is 11.2. The van der Waals surface area contributed by atoms with Gasteiger partial charge in [-0.25, -0.2) is 9.78 Å². The van der Waals surface area contributed by atoms with Gasteiger partial charge in [0.15, 0.2) is 5.82 Å². The van der Waals surface area contributed by atoms with Crippen LogP contribution in [-0.4, -0.2) is 19.7 Å². The summed E-state index contributed by atoms with van der Waals surface area (Å²) in [7, 11) is 0. The molecule has 1 N–H and O–H groups in total. The average Bonchev–Trinajstić information content (AvgIpc) is 3.39. The third kappa shape index (κ3) is 5.94. The highest BCUT2D eigenvalue weighted by molar-refractivity contribution is 6.30. The zero-order chi connectivity index (χ0) is 27.4. The summed E-state index contributed by atoms with van der Waals surface area (Å²) in [6.07, 6.45) is 3.26. The Bertz CT molecular complexity index is 1700. The molecule has 7 nitrogen and oxygen atoms in total. The molecular weight excluding hydrogens is 512 g/mol. The molecule has 0 aliphatic heterocycles. The van der Waals surface area contributed by atoms with Crippen LogP contribution in [0.25, 0.3) is 22.5 Å². The van der Waals surface area contributed by atoms with Gasteiger partial charge in [0, 0.05) is 22.6 Å². The van der Waals surface area contributed by atoms with Gasteiger partial charge in [0.1, 0.15) is 5.82 Å². The number of aromatic nitrogens is 4. The molecule has 3 aromatic carbocycles. The van der Waals surface area contributed by atoms with Gasteiger partial charge in [-0.2, -0.15) is 0 Å². The Morgan fingerprint density at radius 3 is 2.28 bits per heavy atom. The predicted octanol–water partition coefficient (Wildman–Crippen LogP) is 6.20. The minimum Gasteiger partial charge on any atom is -0.296 e. The highest BCUT2D eigenvalue weighted by Crippen LogP contribution is 2.30. The zero-order valence-corrected chi connectivity index (χ0v) is 22.7. The van der Waals surface area contributed by atoms with Gasteiger partial charge >= 0.3 is 5.76 Å². The van der Waals surface area contributed by atoms with E-state index in [0.29, 0.717) is 29.6 Å². The summed E-state index contributed by atoms with van der Waals surface area (Å²) < 4.78 is 6.45. The van der Waals surface area contributed by atoms with Crippen molar-refractivity contribution in [3.05, 3.63) is 127 Å². The van der Waals surface area contributed by atoms with E-state index in [4.69, 9.17) is 21.1 Å². The van der Waals surface area contributed by atoms with Crippen molar-refractivity contribution in [3.8, 4) is 22.5 Å². The molecule has 0 radical (unpaired) electrons. The van der Waals surface area contributed by atoms with Crippen molar-refractivity contribution in [2.75, 3.05) is 0 Å². The van der Waals surface area contributed by atoms with Crippen LogP contribution in [0, 0.1) is 6.92 Å². The summed E-state index contributed by atoms with van der Waals surface area (Å²) in [6.45, 7) is 4.47. The summed E-state index contributed by atoms with van der Waals surface area (Å²) in [5.41, 5.74) is 6.26. The van der Waals surface area contributed by atoms with Gasteiger partial charge in [-0.05, 0) is 54.2 Å². The fourth-order valence-corrected chi connectivity index (χ4v) is 4.86. The summed E-state index contributed by atoms with van der Waals surface area (Å²) in [6, 6.07) is 23.3. The first-order chi connectivity index (χ1) is 18.9. The monoisotopic (exact) mass is 540 g/mol. The minimum absolute atomic E-state index is 0.00652. The van der Waals surface area contributed by atoms with E-state index >= 15 is 0 Å². The van der Waals surface area contributed by atoms with E-state index in [2.05, 4.69) is 17.1 Å². The van der Waals surface area contributed by atoms with Crippen molar-refractivity contribution in [1.29, 1.82) is 0 Å². The molecule has 2 heterocycles. The predicted molar refractivity (Wildman–Crippen MR) is 153 cm³/mol. The Morgan fingerprint density at radius 1 is 0.923 bits per heavy atom. The van der Waals surface area contributed by atoms with Crippen molar-refractivity contribution in [2.45, 2.75) is 46.1 Å². The van der Waals surface area contributed by atoms with E-state index in [9.17, 15) is 9.59 Å². The summed E-state index contributed by atoms with van der Waals surface area (Å²) in [4.78, 5) is 32.8. The van der Waals surface area contributed by atoms with E-state index in [0.717, 1.165) is 58.3 Å². The lowest BCUT2D eigenvalue weighted by atomic mass is 9.96. The summed E-state index contributed by atoms with van der Waals surface area (Å²) in [5, 5.41) is 4.51. The second-order valence-electron chi connectivity index (χ2n) is 9.57. The molecule has 0 saturated heterocycles. The Kier molecular flexibility index (Phi) is 7.89. The summed E-state index contributed by atoms with van der Waals surface area (Å²) >= 11 is 6.05. The molecule has 198 valence electrons. The first kappa shape index (κ1) is 26.4. The third-order valence-corrected chi connectivity index (χ3v) is 7.08. The molecule has 39 heavy (non-hydrogen) atoms. The molecule has 0 atom stereocenters. The van der Waals surface area contributed by atoms with Crippen LogP contribution in [0.3, 0.4) is 0 Å². The van der Waals surface area contributed by atoms with E-state index in [1.165, 1.54) is 0 Å². The van der Waals surface area contributed by atoms with Gasteiger partial charge in [-0.15, -0.1) is 0 Å². The van der Waals surface area contributed by atoms with Gasteiger partial charge in [0.05, 0.1) is 12.2 Å². The van der Waals surface area contributed by atoms with Crippen LogP contribution in [0.15, 0.2) is 86.9 Å². The Balaban J connectivity index is 1.47.